The van der Waals surface area contributed by atoms with Gasteiger partial charge in [0.1, 0.15) is 22.9 Å². The summed E-state index contributed by atoms with van der Waals surface area (Å²) in [6.45, 7) is 12.6. The number of aromatic nitrogens is 4. The Balaban J connectivity index is 2.07. The molecule has 6 nitrogen and oxygen atoms in total. The van der Waals surface area contributed by atoms with Gasteiger partial charge in [-0.2, -0.15) is 14.6 Å². The fourth-order valence-electron chi connectivity index (χ4n) is 3.69. The average Bonchev–Trinajstić information content (AvgIpc) is 2.96. The van der Waals surface area contributed by atoms with Crippen molar-refractivity contribution in [3.8, 4) is 11.5 Å². The van der Waals surface area contributed by atoms with E-state index < -0.39 is 0 Å². The van der Waals surface area contributed by atoms with Crippen LogP contribution in [0.4, 0.5) is 0 Å². The van der Waals surface area contributed by atoms with Gasteiger partial charge >= 0.3 is 0 Å². The molecule has 0 bridgehead atoms. The summed E-state index contributed by atoms with van der Waals surface area (Å²) >= 11 is 1.34. The molecule has 0 fully saturated rings. The molecule has 2 aromatic heterocycles. The number of benzene rings is 1. The molecule has 0 atom stereocenters. The molecule has 0 amide bonds. The molecular formula is C20H26N4O2S. The number of nitrogens with zero attached hydrogens (tertiary/aromatic N) is 4. The van der Waals surface area contributed by atoms with Crippen molar-refractivity contribution in [2.75, 3.05) is 0 Å². The molecule has 0 saturated carbocycles. The molecule has 0 saturated heterocycles. The second-order valence-corrected chi connectivity index (χ2v) is 9.83. The van der Waals surface area contributed by atoms with Gasteiger partial charge in [0.2, 0.25) is 0 Å². The SMILES string of the molecule is Cc1cc(Sc2cc(O)cc(C(C)(C)CC(C)(C)C)c2O)n2ncnc2n1. The van der Waals surface area contributed by atoms with Crippen LogP contribution in [-0.4, -0.2) is 29.8 Å². The third-order valence-electron chi connectivity index (χ3n) is 4.32. The van der Waals surface area contributed by atoms with Gasteiger partial charge in [0.05, 0.1) is 4.90 Å². The van der Waals surface area contributed by atoms with Crippen LogP contribution in [0.25, 0.3) is 5.78 Å². The molecule has 0 spiro atoms. The zero-order valence-corrected chi connectivity index (χ0v) is 17.4. The van der Waals surface area contributed by atoms with Gasteiger partial charge in [-0.25, -0.2) is 4.98 Å². The Kier molecular flexibility index (Phi) is 4.84. The van der Waals surface area contributed by atoms with Crippen molar-refractivity contribution in [2.45, 2.75) is 63.3 Å². The molecular weight excluding hydrogens is 360 g/mol. The van der Waals surface area contributed by atoms with E-state index in [-0.39, 0.29) is 22.3 Å². The van der Waals surface area contributed by atoms with E-state index in [1.165, 1.54) is 18.1 Å². The third-order valence-corrected chi connectivity index (χ3v) is 5.35. The van der Waals surface area contributed by atoms with E-state index in [9.17, 15) is 10.2 Å². The summed E-state index contributed by atoms with van der Waals surface area (Å²) < 4.78 is 1.63. The van der Waals surface area contributed by atoms with Crippen LogP contribution in [-0.2, 0) is 5.41 Å². The maximum Gasteiger partial charge on any atom is 0.253 e. The fourth-order valence-corrected chi connectivity index (χ4v) is 4.75. The van der Waals surface area contributed by atoms with Crippen LogP contribution in [0.5, 0.6) is 11.5 Å². The van der Waals surface area contributed by atoms with Gasteiger partial charge in [-0.1, -0.05) is 46.4 Å². The van der Waals surface area contributed by atoms with Gasteiger partial charge < -0.3 is 10.2 Å². The van der Waals surface area contributed by atoms with Crippen molar-refractivity contribution in [3.63, 3.8) is 0 Å². The van der Waals surface area contributed by atoms with Gasteiger partial charge in [0, 0.05) is 11.3 Å². The van der Waals surface area contributed by atoms with Crippen LogP contribution in [0.3, 0.4) is 0 Å². The summed E-state index contributed by atoms with van der Waals surface area (Å²) in [6, 6.07) is 5.12. The molecule has 1 aromatic carbocycles. The number of rotatable bonds is 4. The third kappa shape index (κ3) is 4.18. The summed E-state index contributed by atoms with van der Waals surface area (Å²) in [4.78, 5) is 9.05. The number of fused-ring (bicyclic) bond motifs is 1. The molecule has 3 rings (SSSR count). The Hall–Kier alpha value is -2.28. The Morgan fingerprint density at radius 3 is 2.44 bits per heavy atom. The molecule has 0 aliphatic rings. The van der Waals surface area contributed by atoms with Gasteiger partial charge in [0.15, 0.2) is 0 Å². The molecule has 0 radical (unpaired) electrons. The Labute approximate surface area is 163 Å². The second-order valence-electron chi connectivity index (χ2n) is 8.77. The van der Waals surface area contributed by atoms with Crippen molar-refractivity contribution >= 4 is 17.5 Å². The lowest BCUT2D eigenvalue weighted by Gasteiger charge is -2.33. The first-order valence-corrected chi connectivity index (χ1v) is 9.70. The lowest BCUT2D eigenvalue weighted by molar-refractivity contribution is 0.276. The predicted octanol–water partition coefficient (Wildman–Crippen LogP) is 4.71. The number of phenols is 2. The first-order chi connectivity index (χ1) is 12.5. The zero-order valence-electron chi connectivity index (χ0n) is 16.6. The Morgan fingerprint density at radius 1 is 1.07 bits per heavy atom. The van der Waals surface area contributed by atoms with Crippen molar-refractivity contribution < 1.29 is 10.2 Å². The molecule has 3 aromatic rings. The summed E-state index contributed by atoms with van der Waals surface area (Å²) in [5.74, 6) is 0.827. The van der Waals surface area contributed by atoms with Crippen LogP contribution in [0.2, 0.25) is 0 Å². The summed E-state index contributed by atoms with van der Waals surface area (Å²) in [6.07, 6.45) is 2.31. The number of aromatic hydroxyl groups is 2. The molecule has 27 heavy (non-hydrogen) atoms. The van der Waals surface area contributed by atoms with Crippen LogP contribution in [0.15, 0.2) is 34.4 Å². The molecule has 144 valence electrons. The molecule has 0 unspecified atom stereocenters. The molecule has 0 aliphatic carbocycles. The Bertz CT molecular complexity index is 990. The lowest BCUT2D eigenvalue weighted by Crippen LogP contribution is -2.25. The van der Waals surface area contributed by atoms with Gasteiger partial charge in [-0.05, 0) is 42.4 Å². The molecule has 2 heterocycles. The number of aryl methyl sites for hydroxylation is 1. The zero-order chi connectivity index (χ0) is 20.0. The van der Waals surface area contributed by atoms with Crippen molar-refractivity contribution in [3.05, 3.63) is 35.8 Å². The van der Waals surface area contributed by atoms with E-state index in [1.54, 1.807) is 16.6 Å². The average molecular weight is 387 g/mol. The smallest absolute Gasteiger partial charge is 0.253 e. The number of hydrogen-bond acceptors (Lipinski definition) is 6. The highest BCUT2D eigenvalue weighted by Crippen LogP contribution is 2.46. The minimum absolute atomic E-state index is 0.0871. The van der Waals surface area contributed by atoms with E-state index in [4.69, 9.17) is 0 Å². The highest BCUT2D eigenvalue weighted by Gasteiger charge is 2.31. The van der Waals surface area contributed by atoms with Crippen LogP contribution >= 0.6 is 11.8 Å². The second kappa shape index (κ2) is 6.71. The lowest BCUT2D eigenvalue weighted by atomic mass is 9.72. The minimum atomic E-state index is -0.298. The number of phenolic OH excluding ortho intramolecular Hbond substituents is 2. The number of hydrogen-bond donors (Lipinski definition) is 2. The van der Waals surface area contributed by atoms with E-state index in [0.29, 0.717) is 10.7 Å². The van der Waals surface area contributed by atoms with Crippen molar-refractivity contribution in [1.82, 2.24) is 19.6 Å². The molecule has 0 aliphatic heterocycles. The topological polar surface area (TPSA) is 83.5 Å². The van der Waals surface area contributed by atoms with Crippen LogP contribution in [0, 0.1) is 12.3 Å². The van der Waals surface area contributed by atoms with Gasteiger partial charge in [0.25, 0.3) is 5.78 Å². The monoisotopic (exact) mass is 386 g/mol. The molecule has 7 heteroatoms. The first-order valence-electron chi connectivity index (χ1n) is 8.88. The van der Waals surface area contributed by atoms with E-state index in [0.717, 1.165) is 22.7 Å². The first kappa shape index (κ1) is 19.5. The minimum Gasteiger partial charge on any atom is -0.508 e. The highest BCUT2D eigenvalue weighted by atomic mass is 32.2. The van der Waals surface area contributed by atoms with Crippen LogP contribution in [0.1, 0.15) is 52.3 Å². The van der Waals surface area contributed by atoms with Gasteiger partial charge in [-0.15, -0.1) is 0 Å². The van der Waals surface area contributed by atoms with Crippen LogP contribution < -0.4 is 0 Å². The van der Waals surface area contributed by atoms with Crippen molar-refractivity contribution in [1.29, 1.82) is 0 Å². The summed E-state index contributed by atoms with van der Waals surface area (Å²) in [7, 11) is 0. The predicted molar refractivity (Wildman–Crippen MR) is 107 cm³/mol. The van der Waals surface area contributed by atoms with E-state index in [1.807, 2.05) is 13.0 Å². The largest absolute Gasteiger partial charge is 0.508 e. The standard InChI is InChI=1S/C20H26N4O2S/c1-12-7-16(24-18(23-12)21-11-22-24)27-15-9-13(25)8-14(17(15)26)20(5,6)10-19(2,3)4/h7-9,11,25-26H,10H2,1-6H3. The van der Waals surface area contributed by atoms with E-state index in [2.05, 4.69) is 49.7 Å². The maximum atomic E-state index is 11.0. The highest BCUT2D eigenvalue weighted by molar-refractivity contribution is 7.99. The van der Waals surface area contributed by atoms with Crippen molar-refractivity contribution in [2.24, 2.45) is 5.41 Å². The normalized spacial score (nSPS) is 12.7. The quantitative estimate of drug-likeness (QED) is 0.499. The Morgan fingerprint density at radius 2 is 1.78 bits per heavy atom. The maximum absolute atomic E-state index is 11.0. The summed E-state index contributed by atoms with van der Waals surface area (Å²) in [5.41, 5.74) is 1.34. The fraction of sp³-hybridized carbons (Fsp3) is 0.450. The molecule has 2 N–H and O–H groups in total. The van der Waals surface area contributed by atoms with E-state index >= 15 is 0 Å². The van der Waals surface area contributed by atoms with Gasteiger partial charge in [-0.3, -0.25) is 0 Å². The summed E-state index contributed by atoms with van der Waals surface area (Å²) in [5, 5.41) is 26.3.